The van der Waals surface area contributed by atoms with E-state index in [1.165, 1.54) is 6.07 Å². The van der Waals surface area contributed by atoms with Crippen LogP contribution in [0, 0.1) is 0 Å². The topological polar surface area (TPSA) is 76.7 Å². The van der Waals surface area contributed by atoms with Crippen LogP contribution in [0.3, 0.4) is 0 Å². The highest BCUT2D eigenvalue weighted by molar-refractivity contribution is 6.31. The van der Waals surface area contributed by atoms with E-state index in [2.05, 4.69) is 4.90 Å². The smallest absolute Gasteiger partial charge is 0.335 e. The number of fused-ring (bicyclic) bond motifs is 1. The van der Waals surface area contributed by atoms with E-state index in [1.807, 2.05) is 36.4 Å². The molecule has 0 spiro atoms. The average Bonchev–Trinajstić information content (AvgIpc) is 3.10. The van der Waals surface area contributed by atoms with Gasteiger partial charge in [0.25, 0.3) is 0 Å². The Hall–Kier alpha value is -3.55. The Bertz CT molecular complexity index is 1390. The highest BCUT2D eigenvalue weighted by Crippen LogP contribution is 2.24. The highest BCUT2D eigenvalue weighted by atomic mass is 35.5. The molecule has 0 aliphatic carbocycles. The van der Waals surface area contributed by atoms with Gasteiger partial charge in [-0.2, -0.15) is 0 Å². The van der Waals surface area contributed by atoms with Crippen LogP contribution >= 0.6 is 11.6 Å². The summed E-state index contributed by atoms with van der Waals surface area (Å²) in [5.41, 5.74) is 3.94. The van der Waals surface area contributed by atoms with Gasteiger partial charge in [-0.05, 0) is 60.2 Å². The van der Waals surface area contributed by atoms with Gasteiger partial charge in [-0.1, -0.05) is 23.7 Å². The third kappa shape index (κ3) is 4.13. The minimum atomic E-state index is -1.00. The second-order valence-corrected chi connectivity index (χ2v) is 8.39. The largest absolute Gasteiger partial charge is 0.478 e. The quantitative estimate of drug-likeness (QED) is 0.483. The van der Waals surface area contributed by atoms with E-state index in [4.69, 9.17) is 16.3 Å². The molecule has 7 nitrogen and oxygen atoms in total. The number of ether oxygens (including phenoxy) is 1. The van der Waals surface area contributed by atoms with Crippen LogP contribution in [0.25, 0.3) is 16.7 Å². The maximum atomic E-state index is 13.5. The van der Waals surface area contributed by atoms with Gasteiger partial charge in [0.1, 0.15) is 0 Å². The molecular formula is C25H22ClN3O4. The molecule has 0 radical (unpaired) electrons. The van der Waals surface area contributed by atoms with E-state index in [0.717, 1.165) is 35.5 Å². The van der Waals surface area contributed by atoms with Crippen LogP contribution in [0.4, 0.5) is 5.69 Å². The Balaban J connectivity index is 1.58. The van der Waals surface area contributed by atoms with E-state index in [-0.39, 0.29) is 17.8 Å². The van der Waals surface area contributed by atoms with Crippen molar-refractivity contribution in [2.75, 3.05) is 31.2 Å². The number of halogens is 1. The van der Waals surface area contributed by atoms with Crippen LogP contribution in [0.15, 0.2) is 71.5 Å². The summed E-state index contributed by atoms with van der Waals surface area (Å²) in [5, 5.41) is 9.84. The van der Waals surface area contributed by atoms with Gasteiger partial charge < -0.3 is 14.7 Å². The minimum Gasteiger partial charge on any atom is -0.478 e. The number of nitrogens with zero attached hydrogens (tertiary/aromatic N) is 3. The van der Waals surface area contributed by atoms with Crippen molar-refractivity contribution in [2.45, 2.75) is 6.54 Å². The van der Waals surface area contributed by atoms with E-state index < -0.39 is 5.97 Å². The molecule has 5 rings (SSSR count). The summed E-state index contributed by atoms with van der Waals surface area (Å²) in [6, 6.07) is 19.9. The van der Waals surface area contributed by atoms with Gasteiger partial charge in [0.2, 0.25) is 0 Å². The van der Waals surface area contributed by atoms with Crippen LogP contribution in [0.1, 0.15) is 15.9 Å². The molecule has 1 fully saturated rings. The molecule has 1 aliphatic rings. The van der Waals surface area contributed by atoms with Crippen LogP contribution in [-0.2, 0) is 11.3 Å². The normalized spacial score (nSPS) is 14.0. The molecule has 4 aromatic rings. The first-order chi connectivity index (χ1) is 16.0. The molecule has 1 aliphatic heterocycles. The third-order valence-electron chi connectivity index (χ3n) is 5.89. The van der Waals surface area contributed by atoms with Crippen molar-refractivity contribution >= 4 is 34.3 Å². The number of carbonyl (C=O) groups is 1. The maximum absolute atomic E-state index is 13.5. The van der Waals surface area contributed by atoms with Gasteiger partial charge >= 0.3 is 11.7 Å². The first-order valence-corrected chi connectivity index (χ1v) is 11.1. The summed E-state index contributed by atoms with van der Waals surface area (Å²) in [4.78, 5) is 27.2. The lowest BCUT2D eigenvalue weighted by Gasteiger charge is -2.28. The van der Waals surface area contributed by atoms with Gasteiger partial charge in [0, 0.05) is 23.8 Å². The summed E-state index contributed by atoms with van der Waals surface area (Å²) in [5.74, 6) is -1.00. The number of morpholine rings is 1. The van der Waals surface area contributed by atoms with E-state index in [9.17, 15) is 14.7 Å². The van der Waals surface area contributed by atoms with Crippen molar-refractivity contribution in [3.05, 3.63) is 93.4 Å². The first kappa shape index (κ1) is 21.3. The Morgan fingerprint density at radius 1 is 0.939 bits per heavy atom. The fourth-order valence-corrected chi connectivity index (χ4v) is 4.42. The summed E-state index contributed by atoms with van der Waals surface area (Å²) in [7, 11) is 0. The average molecular weight is 464 g/mol. The molecule has 1 N–H and O–H groups in total. The maximum Gasteiger partial charge on any atom is 0.335 e. The van der Waals surface area contributed by atoms with Crippen molar-refractivity contribution in [3.8, 4) is 5.69 Å². The number of imidazole rings is 1. The Morgan fingerprint density at radius 2 is 1.67 bits per heavy atom. The second kappa shape index (κ2) is 8.77. The number of benzene rings is 3. The number of aromatic nitrogens is 2. The lowest BCUT2D eigenvalue weighted by molar-refractivity contribution is 0.0696. The molecule has 168 valence electrons. The van der Waals surface area contributed by atoms with Crippen molar-refractivity contribution < 1.29 is 14.6 Å². The van der Waals surface area contributed by atoms with Gasteiger partial charge in [0.05, 0.1) is 42.0 Å². The fraction of sp³-hybridized carbons (Fsp3) is 0.200. The Labute approximate surface area is 195 Å². The van der Waals surface area contributed by atoms with Crippen molar-refractivity contribution in [1.82, 2.24) is 9.13 Å². The van der Waals surface area contributed by atoms with Gasteiger partial charge in [-0.25, -0.2) is 9.59 Å². The van der Waals surface area contributed by atoms with Crippen molar-refractivity contribution in [1.29, 1.82) is 0 Å². The summed E-state index contributed by atoms with van der Waals surface area (Å²) < 4.78 is 8.71. The van der Waals surface area contributed by atoms with Crippen LogP contribution in [0.2, 0.25) is 5.02 Å². The Kier molecular flexibility index (Phi) is 5.66. The molecule has 0 bridgehead atoms. The van der Waals surface area contributed by atoms with Gasteiger partial charge in [0.15, 0.2) is 0 Å². The molecule has 3 aromatic carbocycles. The lowest BCUT2D eigenvalue weighted by Crippen LogP contribution is -2.36. The standard InChI is InChI=1S/C25H22ClN3O4/c26-19-4-9-22-23(15-19)29(21-7-5-20(6-8-21)27-10-12-33-13-11-27)25(32)28(22)16-17-2-1-3-18(14-17)24(30)31/h1-9,14-15H,10-13,16H2,(H,30,31). The number of hydrogen-bond donors (Lipinski definition) is 1. The molecule has 1 aromatic heterocycles. The molecule has 0 atom stereocenters. The van der Waals surface area contributed by atoms with Gasteiger partial charge in [-0.3, -0.25) is 9.13 Å². The van der Waals surface area contributed by atoms with Crippen LogP contribution in [0.5, 0.6) is 0 Å². The molecule has 0 saturated carbocycles. The zero-order chi connectivity index (χ0) is 22.9. The number of carboxylic acid groups (broad SMARTS) is 1. The van der Waals surface area contributed by atoms with Crippen molar-refractivity contribution in [3.63, 3.8) is 0 Å². The summed E-state index contributed by atoms with van der Waals surface area (Å²) in [6.45, 7) is 3.33. The van der Waals surface area contributed by atoms with E-state index in [0.29, 0.717) is 23.8 Å². The zero-order valence-electron chi connectivity index (χ0n) is 17.8. The molecule has 0 unspecified atom stereocenters. The zero-order valence-corrected chi connectivity index (χ0v) is 18.5. The molecule has 33 heavy (non-hydrogen) atoms. The predicted molar refractivity (Wildman–Crippen MR) is 128 cm³/mol. The molecular weight excluding hydrogens is 442 g/mol. The number of anilines is 1. The number of aromatic carboxylic acids is 1. The molecule has 0 amide bonds. The Morgan fingerprint density at radius 3 is 2.39 bits per heavy atom. The SMILES string of the molecule is O=C(O)c1cccc(Cn2c(=O)n(-c3ccc(N4CCOCC4)cc3)c3cc(Cl)ccc32)c1. The predicted octanol–water partition coefficient (Wildman–Crippen LogP) is 4.03. The monoisotopic (exact) mass is 463 g/mol. The number of hydrogen-bond acceptors (Lipinski definition) is 4. The lowest BCUT2D eigenvalue weighted by atomic mass is 10.1. The third-order valence-corrected chi connectivity index (χ3v) is 6.13. The highest BCUT2D eigenvalue weighted by Gasteiger charge is 2.17. The first-order valence-electron chi connectivity index (χ1n) is 10.7. The van der Waals surface area contributed by atoms with Crippen LogP contribution in [-0.4, -0.2) is 46.5 Å². The van der Waals surface area contributed by atoms with Gasteiger partial charge in [-0.15, -0.1) is 0 Å². The van der Waals surface area contributed by atoms with E-state index in [1.54, 1.807) is 33.4 Å². The number of carboxylic acids is 1. The molecule has 1 saturated heterocycles. The second-order valence-electron chi connectivity index (χ2n) is 7.96. The number of rotatable bonds is 5. The van der Waals surface area contributed by atoms with Crippen molar-refractivity contribution in [2.24, 2.45) is 0 Å². The molecule has 2 heterocycles. The molecule has 8 heteroatoms. The fourth-order valence-electron chi connectivity index (χ4n) is 4.25. The summed E-state index contributed by atoms with van der Waals surface area (Å²) in [6.07, 6.45) is 0. The van der Waals surface area contributed by atoms with Crippen LogP contribution < -0.4 is 10.6 Å². The van der Waals surface area contributed by atoms with E-state index >= 15 is 0 Å². The summed E-state index contributed by atoms with van der Waals surface area (Å²) >= 11 is 6.27. The minimum absolute atomic E-state index is 0.186.